The lowest BCUT2D eigenvalue weighted by Gasteiger charge is -2.36. The van der Waals surface area contributed by atoms with Gasteiger partial charge >= 0.3 is 0 Å². The number of furan rings is 1. The van der Waals surface area contributed by atoms with Crippen LogP contribution in [0.5, 0.6) is 0 Å². The Morgan fingerprint density at radius 3 is 2.88 bits per heavy atom. The van der Waals surface area contributed by atoms with E-state index >= 15 is 0 Å². The van der Waals surface area contributed by atoms with E-state index in [9.17, 15) is 4.79 Å². The maximum Gasteiger partial charge on any atom is 0.287 e. The normalized spacial score (nSPS) is 18.2. The van der Waals surface area contributed by atoms with E-state index in [4.69, 9.17) is 9.40 Å². The minimum Gasteiger partial charge on any atom is -0.459 e. The fourth-order valence-corrected chi connectivity index (χ4v) is 3.45. The van der Waals surface area contributed by atoms with Crippen LogP contribution in [0.25, 0.3) is 11.4 Å². The summed E-state index contributed by atoms with van der Waals surface area (Å²) in [5.41, 5.74) is 2.85. The van der Waals surface area contributed by atoms with Gasteiger partial charge in [0.1, 0.15) is 0 Å². The lowest BCUT2D eigenvalue weighted by Crippen LogP contribution is -2.37. The summed E-state index contributed by atoms with van der Waals surface area (Å²) in [5, 5.41) is 3.07. The highest BCUT2D eigenvalue weighted by atomic mass is 16.3. The number of carbonyl (C=O) groups excluding carboxylic acids is 1. The molecule has 26 heavy (non-hydrogen) atoms. The zero-order valence-electron chi connectivity index (χ0n) is 14.8. The van der Waals surface area contributed by atoms with Crippen molar-refractivity contribution in [3.05, 3.63) is 66.1 Å². The first-order valence-corrected chi connectivity index (χ1v) is 8.62. The minimum absolute atomic E-state index is 0.0225. The molecule has 0 spiro atoms. The molecule has 3 aromatic heterocycles. The van der Waals surface area contributed by atoms with E-state index in [2.05, 4.69) is 29.1 Å². The van der Waals surface area contributed by atoms with E-state index in [1.807, 2.05) is 18.3 Å². The molecule has 1 aliphatic rings. The van der Waals surface area contributed by atoms with Crippen molar-refractivity contribution < 1.29 is 9.21 Å². The second-order valence-corrected chi connectivity index (χ2v) is 7.39. The molecule has 0 saturated heterocycles. The van der Waals surface area contributed by atoms with Crippen LogP contribution in [0, 0.1) is 5.41 Å². The largest absolute Gasteiger partial charge is 0.459 e. The predicted molar refractivity (Wildman–Crippen MR) is 96.3 cm³/mol. The molecule has 0 bridgehead atoms. The van der Waals surface area contributed by atoms with Crippen molar-refractivity contribution >= 4 is 5.91 Å². The average molecular weight is 348 g/mol. The molecule has 3 heterocycles. The van der Waals surface area contributed by atoms with Gasteiger partial charge in [-0.2, -0.15) is 0 Å². The summed E-state index contributed by atoms with van der Waals surface area (Å²) < 4.78 is 5.20. The van der Waals surface area contributed by atoms with Crippen LogP contribution in [0.15, 0.2) is 53.5 Å². The first-order chi connectivity index (χ1) is 12.5. The van der Waals surface area contributed by atoms with Crippen molar-refractivity contribution in [3.8, 4) is 11.4 Å². The number of fused-ring (bicyclic) bond motifs is 1. The molecule has 132 valence electrons. The van der Waals surface area contributed by atoms with Crippen molar-refractivity contribution in [2.24, 2.45) is 5.41 Å². The standard InChI is InChI=1S/C20H20N4O2/c1-20(2)9-15-14(12-22-18(23-15)13-5-3-7-21-11-13)16(10-20)24-19(25)17-6-4-8-26-17/h3-8,11-12,16H,9-10H2,1-2H3,(H,24,25). The van der Waals surface area contributed by atoms with Crippen LogP contribution in [0.2, 0.25) is 0 Å². The zero-order valence-corrected chi connectivity index (χ0v) is 14.8. The van der Waals surface area contributed by atoms with Crippen molar-refractivity contribution in [1.82, 2.24) is 20.3 Å². The van der Waals surface area contributed by atoms with Gasteiger partial charge < -0.3 is 9.73 Å². The van der Waals surface area contributed by atoms with Crippen LogP contribution in [0.1, 0.15) is 48.1 Å². The molecule has 1 unspecified atom stereocenters. The number of hydrogen-bond donors (Lipinski definition) is 1. The molecule has 0 saturated carbocycles. The Kier molecular flexibility index (Phi) is 4.03. The SMILES string of the molecule is CC1(C)Cc2nc(-c3cccnc3)ncc2C(NC(=O)c2ccco2)C1. The summed E-state index contributed by atoms with van der Waals surface area (Å²) in [5.74, 6) is 0.744. The van der Waals surface area contributed by atoms with Gasteiger partial charge in [0.05, 0.1) is 18.0 Å². The zero-order chi connectivity index (χ0) is 18.1. The molecule has 6 heteroatoms. The highest BCUT2D eigenvalue weighted by Crippen LogP contribution is 2.40. The second-order valence-electron chi connectivity index (χ2n) is 7.39. The van der Waals surface area contributed by atoms with Crippen molar-refractivity contribution in [1.29, 1.82) is 0 Å². The summed E-state index contributed by atoms with van der Waals surface area (Å²) >= 11 is 0. The number of pyridine rings is 1. The Labute approximate surface area is 151 Å². The third kappa shape index (κ3) is 3.22. The number of nitrogens with one attached hydrogen (secondary N) is 1. The van der Waals surface area contributed by atoms with Crippen LogP contribution in [-0.2, 0) is 6.42 Å². The number of rotatable bonds is 3. The fourth-order valence-electron chi connectivity index (χ4n) is 3.45. The van der Waals surface area contributed by atoms with Crippen molar-refractivity contribution in [2.75, 3.05) is 0 Å². The number of aromatic nitrogens is 3. The van der Waals surface area contributed by atoms with Crippen LogP contribution in [0.3, 0.4) is 0 Å². The quantitative estimate of drug-likeness (QED) is 0.782. The maximum atomic E-state index is 12.4. The highest BCUT2D eigenvalue weighted by molar-refractivity contribution is 5.91. The predicted octanol–water partition coefficient (Wildman–Crippen LogP) is 3.58. The topological polar surface area (TPSA) is 80.9 Å². The van der Waals surface area contributed by atoms with Crippen LogP contribution < -0.4 is 5.32 Å². The van der Waals surface area contributed by atoms with E-state index in [1.54, 1.807) is 24.5 Å². The summed E-state index contributed by atoms with van der Waals surface area (Å²) in [6.45, 7) is 4.38. The monoisotopic (exact) mass is 348 g/mol. The summed E-state index contributed by atoms with van der Waals surface area (Å²) in [4.78, 5) is 25.8. The molecular weight excluding hydrogens is 328 g/mol. The fraction of sp³-hybridized carbons (Fsp3) is 0.300. The van der Waals surface area contributed by atoms with Crippen molar-refractivity contribution in [3.63, 3.8) is 0 Å². The molecule has 6 nitrogen and oxygen atoms in total. The molecule has 0 aliphatic heterocycles. The minimum atomic E-state index is -0.222. The molecule has 0 fully saturated rings. The van der Waals surface area contributed by atoms with Gasteiger partial charge in [-0.05, 0) is 42.5 Å². The smallest absolute Gasteiger partial charge is 0.287 e. The molecule has 1 aliphatic carbocycles. The van der Waals surface area contributed by atoms with E-state index < -0.39 is 0 Å². The lowest BCUT2D eigenvalue weighted by atomic mass is 9.74. The Hall–Kier alpha value is -3.02. The van der Waals surface area contributed by atoms with Gasteiger partial charge in [0.15, 0.2) is 11.6 Å². The van der Waals surface area contributed by atoms with E-state index in [1.165, 1.54) is 6.26 Å². The lowest BCUT2D eigenvalue weighted by molar-refractivity contribution is 0.0890. The molecule has 1 amide bonds. The van der Waals surface area contributed by atoms with Crippen LogP contribution in [-0.4, -0.2) is 20.9 Å². The molecule has 1 N–H and O–H groups in total. The molecule has 1 atom stereocenters. The molecule has 3 aromatic rings. The van der Waals surface area contributed by atoms with Gasteiger partial charge in [-0.25, -0.2) is 9.97 Å². The van der Waals surface area contributed by atoms with Gasteiger partial charge in [0, 0.05) is 29.7 Å². The van der Waals surface area contributed by atoms with Gasteiger partial charge in [-0.15, -0.1) is 0 Å². The van der Waals surface area contributed by atoms with Gasteiger partial charge in [0.2, 0.25) is 0 Å². The van der Waals surface area contributed by atoms with Gasteiger partial charge in [0.25, 0.3) is 5.91 Å². The average Bonchev–Trinajstić information content (AvgIpc) is 3.16. The van der Waals surface area contributed by atoms with Crippen LogP contribution in [0.4, 0.5) is 0 Å². The number of nitrogens with zero attached hydrogens (tertiary/aromatic N) is 3. The number of carbonyl (C=O) groups is 1. The molecule has 0 radical (unpaired) electrons. The Balaban J connectivity index is 1.67. The van der Waals surface area contributed by atoms with Crippen molar-refractivity contribution in [2.45, 2.75) is 32.7 Å². The molecular formula is C20H20N4O2. The Morgan fingerprint density at radius 2 is 2.15 bits per heavy atom. The maximum absolute atomic E-state index is 12.4. The number of amides is 1. The number of hydrogen-bond acceptors (Lipinski definition) is 5. The first kappa shape index (κ1) is 16.4. The summed E-state index contributed by atoms with van der Waals surface area (Å²) in [6, 6.07) is 7.03. The third-order valence-corrected chi connectivity index (χ3v) is 4.65. The Morgan fingerprint density at radius 1 is 1.27 bits per heavy atom. The summed E-state index contributed by atoms with van der Waals surface area (Å²) in [6.07, 6.45) is 8.47. The second kappa shape index (κ2) is 6.37. The Bertz CT molecular complexity index is 920. The van der Waals surface area contributed by atoms with E-state index in [0.717, 1.165) is 29.7 Å². The molecule has 4 rings (SSSR count). The van der Waals surface area contributed by atoms with E-state index in [-0.39, 0.29) is 17.4 Å². The summed E-state index contributed by atoms with van der Waals surface area (Å²) in [7, 11) is 0. The molecule has 0 aromatic carbocycles. The highest BCUT2D eigenvalue weighted by Gasteiger charge is 2.35. The third-order valence-electron chi connectivity index (χ3n) is 4.65. The van der Waals surface area contributed by atoms with E-state index in [0.29, 0.717) is 11.6 Å². The van der Waals surface area contributed by atoms with Crippen LogP contribution >= 0.6 is 0 Å². The van der Waals surface area contributed by atoms with Gasteiger partial charge in [-0.3, -0.25) is 9.78 Å². The van der Waals surface area contributed by atoms with Gasteiger partial charge in [-0.1, -0.05) is 13.8 Å². The first-order valence-electron chi connectivity index (χ1n) is 8.62.